The number of nitrogens with zero attached hydrogens (tertiary/aromatic N) is 2. The van der Waals surface area contributed by atoms with Crippen LogP contribution in [0.15, 0.2) is 36.7 Å². The number of nitrogens with one attached hydrogen (secondary N) is 1. The summed E-state index contributed by atoms with van der Waals surface area (Å²) in [4.78, 5) is 6.74. The lowest BCUT2D eigenvalue weighted by molar-refractivity contribution is -0.0454. The molecule has 0 radical (unpaired) electrons. The van der Waals surface area contributed by atoms with Crippen molar-refractivity contribution in [2.45, 2.75) is 19.1 Å². The van der Waals surface area contributed by atoms with Gasteiger partial charge in [-0.25, -0.2) is 0 Å². The van der Waals surface area contributed by atoms with Gasteiger partial charge in [0.15, 0.2) is 0 Å². The summed E-state index contributed by atoms with van der Waals surface area (Å²) in [5, 5.41) is 2.30. The van der Waals surface area contributed by atoms with Crippen LogP contribution in [0.25, 0.3) is 10.8 Å². The molecule has 21 heavy (non-hydrogen) atoms. The van der Waals surface area contributed by atoms with Gasteiger partial charge >= 0.3 is 0 Å². The number of hydrogen-bond acceptors (Lipinski definition) is 5. The fourth-order valence-corrected chi connectivity index (χ4v) is 3.01. The first-order chi connectivity index (χ1) is 10.3. The van der Waals surface area contributed by atoms with E-state index in [4.69, 9.17) is 10.6 Å². The first kappa shape index (κ1) is 14.4. The van der Waals surface area contributed by atoms with Crippen LogP contribution in [0.1, 0.15) is 18.5 Å². The summed E-state index contributed by atoms with van der Waals surface area (Å²) in [6, 6.07) is 8.18. The van der Waals surface area contributed by atoms with E-state index >= 15 is 0 Å². The summed E-state index contributed by atoms with van der Waals surface area (Å²) in [7, 11) is 0. The Labute approximate surface area is 125 Å². The van der Waals surface area contributed by atoms with E-state index in [2.05, 4.69) is 34.4 Å². The Kier molecular flexibility index (Phi) is 4.45. The molecule has 0 spiro atoms. The van der Waals surface area contributed by atoms with Gasteiger partial charge in [-0.15, -0.1) is 0 Å². The highest BCUT2D eigenvalue weighted by Crippen LogP contribution is 2.27. The third kappa shape index (κ3) is 2.91. The van der Waals surface area contributed by atoms with Gasteiger partial charge in [0.2, 0.25) is 0 Å². The topological polar surface area (TPSA) is 63.4 Å². The zero-order valence-corrected chi connectivity index (χ0v) is 12.3. The number of pyridine rings is 1. The van der Waals surface area contributed by atoms with Crippen molar-refractivity contribution >= 4 is 10.8 Å². The number of aromatic nitrogens is 1. The summed E-state index contributed by atoms with van der Waals surface area (Å²) < 4.78 is 5.95. The van der Waals surface area contributed by atoms with Gasteiger partial charge in [0.25, 0.3) is 0 Å². The molecule has 0 bridgehead atoms. The van der Waals surface area contributed by atoms with Crippen LogP contribution < -0.4 is 11.3 Å². The van der Waals surface area contributed by atoms with Crippen molar-refractivity contribution in [1.82, 2.24) is 15.3 Å². The molecule has 0 amide bonds. The first-order valence-corrected chi connectivity index (χ1v) is 7.46. The number of morpholine rings is 1. The molecule has 112 valence electrons. The number of rotatable bonds is 4. The highest BCUT2D eigenvalue weighted by Gasteiger charge is 2.29. The number of benzene rings is 1. The normalized spacial score (nSPS) is 21.5. The monoisotopic (exact) mass is 286 g/mol. The van der Waals surface area contributed by atoms with Gasteiger partial charge < -0.3 is 4.74 Å². The summed E-state index contributed by atoms with van der Waals surface area (Å²) in [6.07, 6.45) is 3.81. The molecular formula is C16H22N4O. The zero-order valence-electron chi connectivity index (χ0n) is 12.3. The maximum atomic E-state index is 5.95. The fraction of sp³-hybridized carbons (Fsp3) is 0.438. The van der Waals surface area contributed by atoms with E-state index in [1.165, 1.54) is 5.39 Å². The van der Waals surface area contributed by atoms with Crippen LogP contribution in [-0.2, 0) is 4.74 Å². The molecule has 3 rings (SSSR count). The van der Waals surface area contributed by atoms with Crippen molar-refractivity contribution in [2.24, 2.45) is 5.84 Å². The quantitative estimate of drug-likeness (QED) is 0.658. The number of nitrogens with two attached hydrogens (primary N) is 1. The molecule has 1 saturated heterocycles. The molecule has 1 aliphatic rings. The fourth-order valence-electron chi connectivity index (χ4n) is 3.01. The molecule has 5 nitrogen and oxygen atoms in total. The maximum absolute atomic E-state index is 5.95. The third-order valence-electron chi connectivity index (χ3n) is 4.21. The largest absolute Gasteiger partial charge is 0.374 e. The standard InChI is InChI=1S/C16H22N4O/c1-2-20-7-8-21-15(11-20)16(19-17)14-10-18-9-12-5-3-4-6-13(12)14/h3-6,9-10,15-16,19H,2,7-8,11,17H2,1H3. The van der Waals surface area contributed by atoms with Crippen LogP contribution in [-0.4, -0.2) is 42.2 Å². The number of hydrogen-bond donors (Lipinski definition) is 2. The zero-order chi connectivity index (χ0) is 14.7. The summed E-state index contributed by atoms with van der Waals surface area (Å²) in [5.74, 6) is 5.84. The van der Waals surface area contributed by atoms with E-state index in [1.807, 2.05) is 24.5 Å². The van der Waals surface area contributed by atoms with E-state index in [0.717, 1.165) is 37.2 Å². The van der Waals surface area contributed by atoms with Gasteiger partial charge in [0, 0.05) is 30.9 Å². The average molecular weight is 286 g/mol. The summed E-state index contributed by atoms with van der Waals surface area (Å²) in [6.45, 7) is 5.82. The molecule has 2 unspecified atom stereocenters. The predicted molar refractivity (Wildman–Crippen MR) is 83.7 cm³/mol. The second-order valence-electron chi connectivity index (χ2n) is 5.40. The first-order valence-electron chi connectivity index (χ1n) is 7.46. The Morgan fingerprint density at radius 1 is 1.43 bits per heavy atom. The Balaban J connectivity index is 1.94. The molecule has 2 aromatic rings. The smallest absolute Gasteiger partial charge is 0.0910 e. The molecule has 0 aliphatic carbocycles. The lowest BCUT2D eigenvalue weighted by atomic mass is 9.97. The van der Waals surface area contributed by atoms with Crippen molar-refractivity contribution in [3.05, 3.63) is 42.2 Å². The van der Waals surface area contributed by atoms with Crippen LogP contribution in [0.5, 0.6) is 0 Å². The second kappa shape index (κ2) is 6.49. The Morgan fingerprint density at radius 2 is 2.29 bits per heavy atom. The van der Waals surface area contributed by atoms with Crippen molar-refractivity contribution < 1.29 is 4.74 Å². The van der Waals surface area contributed by atoms with E-state index in [0.29, 0.717) is 0 Å². The molecule has 3 N–H and O–H groups in total. The highest BCUT2D eigenvalue weighted by molar-refractivity contribution is 5.85. The van der Waals surface area contributed by atoms with Crippen LogP contribution in [0.3, 0.4) is 0 Å². The molecule has 1 aliphatic heterocycles. The van der Waals surface area contributed by atoms with Crippen LogP contribution in [0, 0.1) is 0 Å². The SMILES string of the molecule is CCN1CCOC(C(NN)c2cncc3ccccc23)C1. The Bertz CT molecular complexity index is 598. The Morgan fingerprint density at radius 3 is 3.10 bits per heavy atom. The number of fused-ring (bicyclic) bond motifs is 1. The van der Waals surface area contributed by atoms with E-state index in [-0.39, 0.29) is 12.1 Å². The lowest BCUT2D eigenvalue weighted by Gasteiger charge is -2.36. The van der Waals surface area contributed by atoms with Gasteiger partial charge in [-0.2, -0.15) is 0 Å². The lowest BCUT2D eigenvalue weighted by Crippen LogP contribution is -2.49. The summed E-state index contributed by atoms with van der Waals surface area (Å²) >= 11 is 0. The third-order valence-corrected chi connectivity index (χ3v) is 4.21. The van der Waals surface area contributed by atoms with Crippen LogP contribution in [0.2, 0.25) is 0 Å². The van der Waals surface area contributed by atoms with Gasteiger partial charge in [-0.05, 0) is 17.5 Å². The van der Waals surface area contributed by atoms with Crippen LogP contribution >= 0.6 is 0 Å². The van der Waals surface area contributed by atoms with Gasteiger partial charge in [-0.1, -0.05) is 31.2 Å². The number of likely N-dealkylation sites (N-methyl/N-ethyl adjacent to an activating group) is 1. The minimum atomic E-state index is -0.0575. The van der Waals surface area contributed by atoms with Crippen LogP contribution in [0.4, 0.5) is 0 Å². The average Bonchev–Trinajstić information content (AvgIpc) is 2.56. The van der Waals surface area contributed by atoms with Crippen molar-refractivity contribution in [2.75, 3.05) is 26.2 Å². The maximum Gasteiger partial charge on any atom is 0.0910 e. The van der Waals surface area contributed by atoms with Gasteiger partial charge in [0.05, 0.1) is 18.8 Å². The molecule has 1 aromatic heterocycles. The molecular weight excluding hydrogens is 264 g/mol. The molecule has 1 aromatic carbocycles. The van der Waals surface area contributed by atoms with Gasteiger partial charge in [-0.3, -0.25) is 21.2 Å². The second-order valence-corrected chi connectivity index (χ2v) is 5.40. The van der Waals surface area contributed by atoms with Crippen molar-refractivity contribution in [1.29, 1.82) is 0 Å². The minimum Gasteiger partial charge on any atom is -0.374 e. The highest BCUT2D eigenvalue weighted by atomic mass is 16.5. The molecule has 0 saturated carbocycles. The predicted octanol–water partition coefficient (Wildman–Crippen LogP) is 1.46. The molecule has 2 heterocycles. The van der Waals surface area contributed by atoms with Crippen molar-refractivity contribution in [3.8, 4) is 0 Å². The van der Waals surface area contributed by atoms with E-state index in [1.54, 1.807) is 0 Å². The van der Waals surface area contributed by atoms with E-state index in [9.17, 15) is 0 Å². The molecule has 1 fully saturated rings. The number of ether oxygens (including phenoxy) is 1. The molecule has 2 atom stereocenters. The Hall–Kier alpha value is -1.53. The van der Waals surface area contributed by atoms with Gasteiger partial charge in [0.1, 0.15) is 0 Å². The summed E-state index contributed by atoms with van der Waals surface area (Å²) in [5.41, 5.74) is 4.03. The number of hydrazine groups is 1. The molecule has 5 heteroatoms. The minimum absolute atomic E-state index is 0.0382. The van der Waals surface area contributed by atoms with E-state index < -0.39 is 0 Å². The van der Waals surface area contributed by atoms with Crippen molar-refractivity contribution in [3.63, 3.8) is 0 Å².